The lowest BCUT2D eigenvalue weighted by Gasteiger charge is -2.41. The van der Waals surface area contributed by atoms with Gasteiger partial charge in [0.15, 0.2) is 0 Å². The summed E-state index contributed by atoms with van der Waals surface area (Å²) in [7, 11) is 0. The van der Waals surface area contributed by atoms with Crippen LogP contribution in [0.25, 0.3) is 0 Å². The minimum absolute atomic E-state index is 0.136. The van der Waals surface area contributed by atoms with Crippen LogP contribution in [0.4, 0.5) is 4.79 Å². The zero-order chi connectivity index (χ0) is 21.5. The summed E-state index contributed by atoms with van der Waals surface area (Å²) >= 11 is 0. The molecule has 0 N–H and O–H groups in total. The summed E-state index contributed by atoms with van der Waals surface area (Å²) in [4.78, 5) is 14.2. The maximum absolute atomic E-state index is 12.4. The number of rotatable bonds is 7. The third-order valence-electron chi connectivity index (χ3n) is 5.28. The molecule has 5 heteroatoms. The maximum atomic E-state index is 12.4. The first-order chi connectivity index (χ1) is 14.4. The number of nitrogens with zero attached hydrogens (tertiary/aromatic N) is 1. The highest BCUT2D eigenvalue weighted by atomic mass is 16.6. The Morgan fingerprint density at radius 3 is 2.13 bits per heavy atom. The predicted octanol–water partition coefficient (Wildman–Crippen LogP) is 5.30. The molecule has 2 aromatic carbocycles. The molecule has 1 saturated heterocycles. The Balaban J connectivity index is 1.60. The third-order valence-corrected chi connectivity index (χ3v) is 5.28. The Morgan fingerprint density at radius 2 is 1.53 bits per heavy atom. The fraction of sp³-hybridized carbons (Fsp3) is 0.480. The Labute approximate surface area is 179 Å². The van der Waals surface area contributed by atoms with Gasteiger partial charge in [-0.1, -0.05) is 48.5 Å². The number of hydrogen-bond acceptors (Lipinski definition) is 4. The first kappa shape index (κ1) is 22.2. The van der Waals surface area contributed by atoms with Gasteiger partial charge >= 0.3 is 6.09 Å². The molecule has 0 radical (unpaired) electrons. The zero-order valence-electron chi connectivity index (χ0n) is 18.3. The maximum Gasteiger partial charge on any atom is 0.410 e. The summed E-state index contributed by atoms with van der Waals surface area (Å²) in [6, 6.07) is 20.0. The van der Waals surface area contributed by atoms with Crippen LogP contribution in [-0.2, 0) is 16.1 Å². The second-order valence-corrected chi connectivity index (χ2v) is 9.05. The van der Waals surface area contributed by atoms with E-state index in [1.165, 1.54) is 0 Å². The highest BCUT2D eigenvalue weighted by Crippen LogP contribution is 2.34. The van der Waals surface area contributed by atoms with Gasteiger partial charge in [-0.25, -0.2) is 4.79 Å². The normalized spacial score (nSPS) is 16.2. The van der Waals surface area contributed by atoms with Crippen molar-refractivity contribution < 1.29 is 19.0 Å². The molecular weight excluding hydrogens is 378 g/mol. The lowest BCUT2D eigenvalue weighted by molar-refractivity contribution is -0.0387. The lowest BCUT2D eigenvalue weighted by atomic mass is 9.80. The van der Waals surface area contributed by atoms with Crippen molar-refractivity contribution in [3.05, 3.63) is 66.2 Å². The number of para-hydroxylation sites is 1. The van der Waals surface area contributed by atoms with E-state index in [1.54, 1.807) is 4.90 Å². The molecule has 0 aliphatic carbocycles. The first-order valence-corrected chi connectivity index (χ1v) is 10.6. The van der Waals surface area contributed by atoms with Gasteiger partial charge in [0.05, 0.1) is 19.8 Å². The first-order valence-electron chi connectivity index (χ1n) is 10.6. The fourth-order valence-electron chi connectivity index (χ4n) is 3.53. The molecule has 1 aliphatic heterocycles. The molecule has 2 aromatic rings. The molecule has 1 amide bonds. The van der Waals surface area contributed by atoms with Gasteiger partial charge in [0, 0.05) is 18.5 Å². The van der Waals surface area contributed by atoms with Crippen molar-refractivity contribution in [2.45, 2.75) is 45.8 Å². The molecule has 30 heavy (non-hydrogen) atoms. The van der Waals surface area contributed by atoms with Gasteiger partial charge in [-0.2, -0.15) is 0 Å². The van der Waals surface area contributed by atoms with Crippen molar-refractivity contribution in [3.63, 3.8) is 0 Å². The van der Waals surface area contributed by atoms with E-state index in [9.17, 15) is 4.79 Å². The number of carbonyl (C=O) groups is 1. The zero-order valence-corrected chi connectivity index (χ0v) is 18.3. The summed E-state index contributed by atoms with van der Waals surface area (Å²) < 4.78 is 17.8. The summed E-state index contributed by atoms with van der Waals surface area (Å²) in [5.74, 6) is 0.856. The number of carbonyl (C=O) groups excluding carboxylic acids is 1. The van der Waals surface area contributed by atoms with Crippen LogP contribution in [-0.4, -0.2) is 42.9 Å². The molecule has 0 spiro atoms. The van der Waals surface area contributed by atoms with E-state index < -0.39 is 5.60 Å². The number of benzene rings is 2. The smallest absolute Gasteiger partial charge is 0.410 e. The largest absolute Gasteiger partial charge is 0.493 e. The van der Waals surface area contributed by atoms with E-state index in [-0.39, 0.29) is 11.5 Å². The van der Waals surface area contributed by atoms with E-state index in [0.29, 0.717) is 32.9 Å². The second kappa shape index (κ2) is 9.98. The minimum Gasteiger partial charge on any atom is -0.493 e. The van der Waals surface area contributed by atoms with Crippen molar-refractivity contribution in [2.75, 3.05) is 26.3 Å². The van der Waals surface area contributed by atoms with Gasteiger partial charge in [-0.3, -0.25) is 0 Å². The highest BCUT2D eigenvalue weighted by Gasteiger charge is 2.38. The van der Waals surface area contributed by atoms with Gasteiger partial charge in [-0.05, 0) is 51.3 Å². The summed E-state index contributed by atoms with van der Waals surface area (Å²) in [5.41, 5.74) is 0.534. The van der Waals surface area contributed by atoms with Gasteiger partial charge in [0.25, 0.3) is 0 Å². The standard InChI is InChI=1S/C25H33NO4/c1-24(2,3)30-23(27)26-16-14-25(15-17-26,20-29-22-12-8-5-9-13-22)19-28-18-21-10-6-4-7-11-21/h4-13H,14-20H2,1-3H3. The number of ether oxygens (including phenoxy) is 3. The second-order valence-electron chi connectivity index (χ2n) is 9.05. The molecule has 0 aromatic heterocycles. The SMILES string of the molecule is CC(C)(C)OC(=O)N1CCC(COCc2ccccc2)(COc2ccccc2)CC1. The van der Waals surface area contributed by atoms with Crippen LogP contribution >= 0.6 is 0 Å². The monoisotopic (exact) mass is 411 g/mol. The minimum atomic E-state index is -0.485. The van der Waals surface area contributed by atoms with Crippen molar-refractivity contribution in [3.8, 4) is 5.75 Å². The average molecular weight is 412 g/mol. The topological polar surface area (TPSA) is 48.0 Å². The van der Waals surface area contributed by atoms with Gasteiger partial charge < -0.3 is 19.1 Å². The molecule has 3 rings (SSSR count). The van der Waals surface area contributed by atoms with Gasteiger partial charge in [0.1, 0.15) is 11.4 Å². The number of likely N-dealkylation sites (tertiary alicyclic amines) is 1. The number of amides is 1. The third kappa shape index (κ3) is 6.77. The van der Waals surface area contributed by atoms with Crippen LogP contribution < -0.4 is 4.74 Å². The van der Waals surface area contributed by atoms with Gasteiger partial charge in [-0.15, -0.1) is 0 Å². The Hall–Kier alpha value is -2.53. The van der Waals surface area contributed by atoms with Crippen LogP contribution in [0.2, 0.25) is 0 Å². The lowest BCUT2D eigenvalue weighted by Crippen LogP contribution is -2.48. The Bertz CT molecular complexity index is 778. The van der Waals surface area contributed by atoms with Crippen molar-refractivity contribution >= 4 is 6.09 Å². The molecule has 1 heterocycles. The van der Waals surface area contributed by atoms with E-state index in [4.69, 9.17) is 14.2 Å². The van der Waals surface area contributed by atoms with Crippen molar-refractivity contribution in [1.82, 2.24) is 4.90 Å². The van der Waals surface area contributed by atoms with Crippen LogP contribution in [0, 0.1) is 5.41 Å². The van der Waals surface area contributed by atoms with Crippen molar-refractivity contribution in [2.24, 2.45) is 5.41 Å². The molecule has 0 unspecified atom stereocenters. The van der Waals surface area contributed by atoms with E-state index in [1.807, 2.05) is 69.3 Å². The van der Waals surface area contributed by atoms with Crippen LogP contribution in [0.15, 0.2) is 60.7 Å². The molecule has 0 atom stereocenters. The predicted molar refractivity (Wildman–Crippen MR) is 118 cm³/mol. The molecular formula is C25H33NO4. The summed E-state index contributed by atoms with van der Waals surface area (Å²) in [5, 5.41) is 0. The quantitative estimate of drug-likeness (QED) is 0.620. The number of piperidine rings is 1. The number of hydrogen-bond donors (Lipinski definition) is 0. The molecule has 5 nitrogen and oxygen atoms in total. The van der Waals surface area contributed by atoms with E-state index in [2.05, 4.69) is 12.1 Å². The average Bonchev–Trinajstić information content (AvgIpc) is 2.73. The summed E-state index contributed by atoms with van der Waals surface area (Å²) in [6.07, 6.45) is 1.38. The fourth-order valence-corrected chi connectivity index (χ4v) is 3.53. The molecule has 0 bridgehead atoms. The van der Waals surface area contributed by atoms with Gasteiger partial charge in [0.2, 0.25) is 0 Å². The van der Waals surface area contributed by atoms with Crippen molar-refractivity contribution in [1.29, 1.82) is 0 Å². The van der Waals surface area contributed by atoms with E-state index >= 15 is 0 Å². The molecule has 1 fully saturated rings. The van der Waals surface area contributed by atoms with E-state index in [0.717, 1.165) is 24.2 Å². The van der Waals surface area contributed by atoms with Crippen LogP contribution in [0.3, 0.4) is 0 Å². The molecule has 162 valence electrons. The van der Waals surface area contributed by atoms with Crippen LogP contribution in [0.1, 0.15) is 39.2 Å². The molecule has 1 aliphatic rings. The molecule has 0 saturated carbocycles. The summed E-state index contributed by atoms with van der Waals surface area (Å²) in [6.45, 7) is 8.69. The Kier molecular flexibility index (Phi) is 7.38. The van der Waals surface area contributed by atoms with Crippen LogP contribution in [0.5, 0.6) is 5.75 Å². The highest BCUT2D eigenvalue weighted by molar-refractivity contribution is 5.68. The Morgan fingerprint density at radius 1 is 0.933 bits per heavy atom.